The number of rotatable bonds is 7. The van der Waals surface area contributed by atoms with E-state index < -0.39 is 24.0 Å². The number of nitrogens with one attached hydrogen (secondary N) is 2. The molecule has 0 heterocycles. The summed E-state index contributed by atoms with van der Waals surface area (Å²) in [7, 11) is 0. The summed E-state index contributed by atoms with van der Waals surface area (Å²) in [6.07, 6.45) is 0.816. The van der Waals surface area contributed by atoms with Gasteiger partial charge in [0.15, 0.2) is 6.10 Å². The molecule has 1 unspecified atom stereocenters. The lowest BCUT2D eigenvalue weighted by Crippen LogP contribution is -2.45. The lowest BCUT2D eigenvalue weighted by molar-refractivity contribution is -0.154. The van der Waals surface area contributed by atoms with Crippen LogP contribution in [0.25, 0.3) is 0 Å². The summed E-state index contributed by atoms with van der Waals surface area (Å²) in [6, 6.07) is 5.41. The fourth-order valence-corrected chi connectivity index (χ4v) is 2.08. The first-order valence-electron chi connectivity index (χ1n) is 8.36. The molecule has 1 aromatic carbocycles. The van der Waals surface area contributed by atoms with E-state index in [4.69, 9.17) is 9.47 Å². The number of carbonyl (C=O) groups excluding carboxylic acids is 3. The zero-order chi connectivity index (χ0) is 18.4. The van der Waals surface area contributed by atoms with Gasteiger partial charge in [-0.1, -0.05) is 12.1 Å². The largest absolute Gasteiger partial charge is 0.493 e. The first-order valence-corrected chi connectivity index (χ1v) is 8.36. The molecule has 1 aliphatic rings. The zero-order valence-corrected chi connectivity index (χ0v) is 14.8. The van der Waals surface area contributed by atoms with Gasteiger partial charge in [0.2, 0.25) is 0 Å². The van der Waals surface area contributed by atoms with Crippen LogP contribution in [0.1, 0.15) is 37.3 Å². The highest BCUT2D eigenvalue weighted by Gasteiger charge is 2.25. The summed E-state index contributed by atoms with van der Waals surface area (Å²) >= 11 is 0. The van der Waals surface area contributed by atoms with Gasteiger partial charge in [-0.15, -0.1) is 0 Å². The number of aryl methyl sites for hydroxylation is 2. The van der Waals surface area contributed by atoms with E-state index in [0.717, 1.165) is 29.7 Å². The van der Waals surface area contributed by atoms with E-state index in [1.165, 1.54) is 6.92 Å². The minimum Gasteiger partial charge on any atom is -0.493 e. The van der Waals surface area contributed by atoms with Crippen LogP contribution in [-0.2, 0) is 14.3 Å². The molecule has 0 saturated heterocycles. The average Bonchev–Trinajstić information content (AvgIpc) is 3.34. The standard InChI is InChI=1S/C18H24N2O5/c1-11-4-5-12(2)15(10-11)24-9-8-16(21)25-13(3)17(22)20-18(23)19-14-6-7-14/h4-5,10,13-14H,6-9H2,1-3H3,(H2,19,20,22,23). The highest BCUT2D eigenvalue weighted by Crippen LogP contribution is 2.19. The van der Waals surface area contributed by atoms with Gasteiger partial charge in [-0.25, -0.2) is 4.79 Å². The molecule has 25 heavy (non-hydrogen) atoms. The van der Waals surface area contributed by atoms with Crippen molar-refractivity contribution in [3.8, 4) is 5.75 Å². The number of ether oxygens (including phenoxy) is 2. The van der Waals surface area contributed by atoms with E-state index in [0.29, 0.717) is 0 Å². The van der Waals surface area contributed by atoms with Crippen molar-refractivity contribution in [3.05, 3.63) is 29.3 Å². The second kappa shape index (κ2) is 8.50. The van der Waals surface area contributed by atoms with Gasteiger partial charge in [-0.05, 0) is 50.8 Å². The minimum atomic E-state index is -1.04. The van der Waals surface area contributed by atoms with Crippen molar-refractivity contribution < 1.29 is 23.9 Å². The lowest BCUT2D eigenvalue weighted by atomic mass is 10.1. The van der Waals surface area contributed by atoms with Gasteiger partial charge >= 0.3 is 12.0 Å². The Hall–Kier alpha value is -2.57. The maximum Gasteiger partial charge on any atom is 0.321 e. The Bertz CT molecular complexity index is 655. The summed E-state index contributed by atoms with van der Waals surface area (Å²) in [5.41, 5.74) is 2.05. The summed E-state index contributed by atoms with van der Waals surface area (Å²) in [5.74, 6) is -0.493. The Morgan fingerprint density at radius 2 is 1.96 bits per heavy atom. The number of urea groups is 1. The van der Waals surface area contributed by atoms with Crippen LogP contribution in [0.5, 0.6) is 5.75 Å². The normalized spacial score (nSPS) is 14.4. The predicted octanol–water partition coefficient (Wildman–Crippen LogP) is 1.99. The molecule has 1 fully saturated rings. The average molecular weight is 348 g/mol. The van der Waals surface area contributed by atoms with Crippen LogP contribution in [0.4, 0.5) is 4.79 Å². The topological polar surface area (TPSA) is 93.7 Å². The van der Waals surface area contributed by atoms with Gasteiger partial charge in [0.05, 0.1) is 13.0 Å². The van der Waals surface area contributed by atoms with Crippen molar-refractivity contribution in [1.82, 2.24) is 10.6 Å². The highest BCUT2D eigenvalue weighted by atomic mass is 16.5. The molecule has 0 bridgehead atoms. The zero-order valence-electron chi connectivity index (χ0n) is 14.8. The fraction of sp³-hybridized carbons (Fsp3) is 0.500. The second-order valence-corrected chi connectivity index (χ2v) is 6.24. The lowest BCUT2D eigenvalue weighted by Gasteiger charge is -2.14. The number of amides is 3. The summed E-state index contributed by atoms with van der Waals surface area (Å²) in [4.78, 5) is 35.1. The number of imide groups is 1. The van der Waals surface area contributed by atoms with E-state index in [1.807, 2.05) is 32.0 Å². The summed E-state index contributed by atoms with van der Waals surface area (Å²) < 4.78 is 10.6. The number of hydrogen-bond acceptors (Lipinski definition) is 5. The van der Waals surface area contributed by atoms with E-state index in [1.54, 1.807) is 0 Å². The monoisotopic (exact) mass is 348 g/mol. The first kappa shape index (κ1) is 18.8. The Kier molecular flexibility index (Phi) is 6.38. The van der Waals surface area contributed by atoms with E-state index in [2.05, 4.69) is 10.6 Å². The number of carbonyl (C=O) groups is 3. The Morgan fingerprint density at radius 1 is 1.24 bits per heavy atom. The highest BCUT2D eigenvalue weighted by molar-refractivity contribution is 5.97. The Labute approximate surface area is 147 Å². The van der Waals surface area contributed by atoms with Crippen LogP contribution in [0.3, 0.4) is 0 Å². The molecule has 7 nitrogen and oxygen atoms in total. The predicted molar refractivity (Wildman–Crippen MR) is 91.3 cm³/mol. The molecule has 0 spiro atoms. The second-order valence-electron chi connectivity index (χ2n) is 6.24. The molecule has 1 saturated carbocycles. The Morgan fingerprint density at radius 3 is 2.64 bits per heavy atom. The van der Waals surface area contributed by atoms with Crippen LogP contribution in [0, 0.1) is 13.8 Å². The Balaban J connectivity index is 1.68. The van der Waals surface area contributed by atoms with Gasteiger partial charge in [0, 0.05) is 6.04 Å². The summed E-state index contributed by atoms with van der Waals surface area (Å²) in [5, 5.41) is 4.78. The quantitative estimate of drug-likeness (QED) is 0.735. The molecular formula is C18H24N2O5. The van der Waals surface area contributed by atoms with Crippen molar-refractivity contribution in [3.63, 3.8) is 0 Å². The molecule has 1 aromatic rings. The maximum atomic E-state index is 11.8. The van der Waals surface area contributed by atoms with Gasteiger partial charge in [-0.2, -0.15) is 0 Å². The molecule has 2 rings (SSSR count). The number of esters is 1. The molecule has 2 N–H and O–H groups in total. The van der Waals surface area contributed by atoms with Gasteiger partial charge in [0.25, 0.3) is 5.91 Å². The third kappa shape index (κ3) is 6.45. The van der Waals surface area contributed by atoms with Crippen LogP contribution >= 0.6 is 0 Å². The van der Waals surface area contributed by atoms with Gasteiger partial charge < -0.3 is 14.8 Å². The molecule has 7 heteroatoms. The smallest absolute Gasteiger partial charge is 0.321 e. The van der Waals surface area contributed by atoms with Gasteiger partial charge in [-0.3, -0.25) is 14.9 Å². The molecule has 0 aliphatic heterocycles. The van der Waals surface area contributed by atoms with Crippen molar-refractivity contribution >= 4 is 17.9 Å². The number of hydrogen-bond donors (Lipinski definition) is 2. The van der Waals surface area contributed by atoms with E-state index >= 15 is 0 Å². The van der Waals surface area contributed by atoms with Gasteiger partial charge in [0.1, 0.15) is 5.75 Å². The number of benzene rings is 1. The fourth-order valence-electron chi connectivity index (χ4n) is 2.08. The molecule has 3 amide bonds. The van der Waals surface area contributed by atoms with Crippen LogP contribution in [0.15, 0.2) is 18.2 Å². The van der Waals surface area contributed by atoms with Crippen molar-refractivity contribution in [2.75, 3.05) is 6.61 Å². The molecule has 1 aliphatic carbocycles. The third-order valence-corrected chi connectivity index (χ3v) is 3.73. The molecule has 0 radical (unpaired) electrons. The van der Waals surface area contributed by atoms with E-state index in [-0.39, 0.29) is 19.1 Å². The molecule has 0 aromatic heterocycles. The van der Waals surface area contributed by atoms with Crippen LogP contribution in [0.2, 0.25) is 0 Å². The molecular weight excluding hydrogens is 324 g/mol. The minimum absolute atomic E-state index is 0.0132. The van der Waals surface area contributed by atoms with Crippen molar-refractivity contribution in [1.29, 1.82) is 0 Å². The van der Waals surface area contributed by atoms with Crippen molar-refractivity contribution in [2.24, 2.45) is 0 Å². The molecule has 136 valence electrons. The first-order chi connectivity index (χ1) is 11.8. The SMILES string of the molecule is Cc1ccc(C)c(OCCC(=O)OC(C)C(=O)NC(=O)NC2CC2)c1. The van der Waals surface area contributed by atoms with Crippen LogP contribution in [-0.4, -0.2) is 36.7 Å². The van der Waals surface area contributed by atoms with E-state index in [9.17, 15) is 14.4 Å². The third-order valence-electron chi connectivity index (χ3n) is 3.73. The van der Waals surface area contributed by atoms with Crippen molar-refractivity contribution in [2.45, 2.75) is 52.2 Å². The molecule has 1 atom stereocenters. The summed E-state index contributed by atoms with van der Waals surface area (Å²) in [6.45, 7) is 5.45. The maximum absolute atomic E-state index is 11.8. The van der Waals surface area contributed by atoms with Crippen LogP contribution < -0.4 is 15.4 Å².